The number of hydrogen-bond donors (Lipinski definition) is 1. The molecule has 0 atom stereocenters. The minimum absolute atomic E-state index is 0.149. The van der Waals surface area contributed by atoms with E-state index in [-0.39, 0.29) is 11.3 Å². The highest BCUT2D eigenvalue weighted by atomic mass is 35.5. The SMILES string of the molecule is Cc1nc2ccc(Cl)cc2c(=O)n1-c1ccc(O)cc1. The number of aryl methyl sites for hydroxylation is 1. The molecule has 1 aromatic heterocycles. The van der Waals surface area contributed by atoms with Crippen LogP contribution in [0.15, 0.2) is 47.3 Å². The smallest absolute Gasteiger partial charge is 0.266 e. The number of rotatable bonds is 1. The number of nitrogens with zero attached hydrogens (tertiary/aromatic N) is 2. The highest BCUT2D eigenvalue weighted by molar-refractivity contribution is 6.31. The van der Waals surface area contributed by atoms with Crippen LogP contribution in [0.25, 0.3) is 16.6 Å². The minimum atomic E-state index is -0.180. The van der Waals surface area contributed by atoms with Gasteiger partial charge in [0.15, 0.2) is 0 Å². The Kier molecular flexibility index (Phi) is 2.95. The summed E-state index contributed by atoms with van der Waals surface area (Å²) in [5.74, 6) is 0.728. The van der Waals surface area contributed by atoms with Gasteiger partial charge in [0.25, 0.3) is 5.56 Å². The van der Waals surface area contributed by atoms with Crippen LogP contribution >= 0.6 is 11.6 Å². The maximum atomic E-state index is 12.6. The highest BCUT2D eigenvalue weighted by Gasteiger charge is 2.10. The van der Waals surface area contributed by atoms with Crippen LogP contribution in [0.3, 0.4) is 0 Å². The first-order valence-corrected chi connectivity index (χ1v) is 6.42. The molecule has 0 aliphatic heterocycles. The van der Waals surface area contributed by atoms with E-state index < -0.39 is 0 Å². The summed E-state index contributed by atoms with van der Waals surface area (Å²) in [6.45, 7) is 1.77. The van der Waals surface area contributed by atoms with E-state index in [0.29, 0.717) is 27.4 Å². The molecule has 20 heavy (non-hydrogen) atoms. The number of halogens is 1. The fraction of sp³-hybridized carbons (Fsp3) is 0.0667. The summed E-state index contributed by atoms with van der Waals surface area (Å²) < 4.78 is 1.50. The fourth-order valence-electron chi connectivity index (χ4n) is 2.17. The van der Waals surface area contributed by atoms with E-state index in [9.17, 15) is 9.90 Å². The molecular weight excluding hydrogens is 276 g/mol. The van der Waals surface area contributed by atoms with Crippen LogP contribution in [-0.2, 0) is 0 Å². The summed E-state index contributed by atoms with van der Waals surface area (Å²) in [4.78, 5) is 17.0. The molecule has 100 valence electrons. The third-order valence-electron chi connectivity index (χ3n) is 3.11. The second kappa shape index (κ2) is 4.65. The molecule has 4 nitrogen and oxygen atoms in total. The minimum Gasteiger partial charge on any atom is -0.508 e. The van der Waals surface area contributed by atoms with Crippen molar-refractivity contribution in [3.63, 3.8) is 0 Å². The van der Waals surface area contributed by atoms with Crippen molar-refractivity contribution in [1.82, 2.24) is 9.55 Å². The second-order valence-electron chi connectivity index (χ2n) is 4.48. The van der Waals surface area contributed by atoms with E-state index in [1.54, 1.807) is 37.3 Å². The molecular formula is C15H11ClN2O2. The van der Waals surface area contributed by atoms with Crippen molar-refractivity contribution in [2.75, 3.05) is 0 Å². The Morgan fingerprint density at radius 2 is 1.85 bits per heavy atom. The average Bonchev–Trinajstić information content (AvgIpc) is 2.42. The van der Waals surface area contributed by atoms with Gasteiger partial charge in [-0.2, -0.15) is 0 Å². The summed E-state index contributed by atoms with van der Waals surface area (Å²) in [6.07, 6.45) is 0. The van der Waals surface area contributed by atoms with Gasteiger partial charge in [-0.15, -0.1) is 0 Å². The Balaban J connectivity index is 2.36. The van der Waals surface area contributed by atoms with Crippen LogP contribution in [0.4, 0.5) is 0 Å². The van der Waals surface area contributed by atoms with Gasteiger partial charge in [0.1, 0.15) is 11.6 Å². The summed E-state index contributed by atoms with van der Waals surface area (Å²) in [5, 5.41) is 10.3. The molecule has 2 aromatic carbocycles. The van der Waals surface area contributed by atoms with Gasteiger partial charge in [0, 0.05) is 5.02 Å². The van der Waals surface area contributed by atoms with E-state index in [4.69, 9.17) is 11.6 Å². The van der Waals surface area contributed by atoms with Crippen molar-refractivity contribution >= 4 is 22.5 Å². The number of aromatic hydroxyl groups is 1. The van der Waals surface area contributed by atoms with Crippen molar-refractivity contribution < 1.29 is 5.11 Å². The summed E-state index contributed by atoms with van der Waals surface area (Å²) >= 11 is 5.94. The van der Waals surface area contributed by atoms with Crippen molar-refractivity contribution in [3.05, 3.63) is 63.7 Å². The maximum absolute atomic E-state index is 12.6. The molecule has 0 bridgehead atoms. The largest absolute Gasteiger partial charge is 0.508 e. The molecule has 3 rings (SSSR count). The Morgan fingerprint density at radius 1 is 1.15 bits per heavy atom. The lowest BCUT2D eigenvalue weighted by molar-refractivity contribution is 0.475. The van der Waals surface area contributed by atoms with Crippen LogP contribution in [0.2, 0.25) is 5.02 Å². The molecule has 0 fully saturated rings. The summed E-state index contributed by atoms with van der Waals surface area (Å²) in [6, 6.07) is 11.5. The lowest BCUT2D eigenvalue weighted by Crippen LogP contribution is -2.22. The van der Waals surface area contributed by atoms with Crippen molar-refractivity contribution in [3.8, 4) is 11.4 Å². The van der Waals surface area contributed by atoms with E-state index in [2.05, 4.69) is 4.98 Å². The molecule has 0 amide bonds. The lowest BCUT2D eigenvalue weighted by Gasteiger charge is -2.11. The third kappa shape index (κ3) is 2.04. The number of phenolic OH excluding ortho intramolecular Hbond substituents is 1. The first-order chi connectivity index (χ1) is 9.56. The normalized spacial score (nSPS) is 10.9. The molecule has 3 aromatic rings. The number of fused-ring (bicyclic) bond motifs is 1. The average molecular weight is 287 g/mol. The molecule has 0 aliphatic carbocycles. The van der Waals surface area contributed by atoms with Crippen LogP contribution in [0.1, 0.15) is 5.82 Å². The first kappa shape index (κ1) is 12.7. The molecule has 0 spiro atoms. The molecule has 0 radical (unpaired) electrons. The van der Waals surface area contributed by atoms with Gasteiger partial charge in [-0.3, -0.25) is 9.36 Å². The third-order valence-corrected chi connectivity index (χ3v) is 3.34. The standard InChI is InChI=1S/C15H11ClN2O2/c1-9-17-14-7-2-10(16)8-13(14)15(20)18(9)11-3-5-12(19)6-4-11/h2-8,19H,1H3. The molecule has 1 N–H and O–H groups in total. The van der Waals surface area contributed by atoms with Crippen molar-refractivity contribution in [2.24, 2.45) is 0 Å². The van der Waals surface area contributed by atoms with Crippen LogP contribution < -0.4 is 5.56 Å². The van der Waals surface area contributed by atoms with Crippen LogP contribution in [0.5, 0.6) is 5.75 Å². The quantitative estimate of drug-likeness (QED) is 0.748. The van der Waals surface area contributed by atoms with Gasteiger partial charge in [-0.25, -0.2) is 4.98 Å². The first-order valence-electron chi connectivity index (χ1n) is 6.04. The Bertz CT molecular complexity index is 854. The van der Waals surface area contributed by atoms with E-state index in [0.717, 1.165) is 0 Å². The summed E-state index contributed by atoms with van der Waals surface area (Å²) in [7, 11) is 0. The molecule has 0 aliphatic rings. The number of benzene rings is 2. The monoisotopic (exact) mass is 286 g/mol. The zero-order chi connectivity index (χ0) is 14.3. The Morgan fingerprint density at radius 3 is 2.55 bits per heavy atom. The summed E-state index contributed by atoms with van der Waals surface area (Å²) in [5.41, 5.74) is 1.09. The van der Waals surface area contributed by atoms with Gasteiger partial charge in [-0.1, -0.05) is 11.6 Å². The fourth-order valence-corrected chi connectivity index (χ4v) is 2.35. The lowest BCUT2D eigenvalue weighted by atomic mass is 10.2. The zero-order valence-electron chi connectivity index (χ0n) is 10.7. The van der Waals surface area contributed by atoms with Gasteiger partial charge in [0.2, 0.25) is 0 Å². The van der Waals surface area contributed by atoms with Crippen LogP contribution in [0, 0.1) is 6.92 Å². The van der Waals surface area contributed by atoms with Gasteiger partial charge in [0.05, 0.1) is 16.6 Å². The molecule has 0 saturated heterocycles. The molecule has 1 heterocycles. The number of phenols is 1. The maximum Gasteiger partial charge on any atom is 0.266 e. The van der Waals surface area contributed by atoms with Crippen molar-refractivity contribution in [1.29, 1.82) is 0 Å². The molecule has 5 heteroatoms. The van der Waals surface area contributed by atoms with E-state index in [1.807, 2.05) is 0 Å². The predicted octanol–water partition coefficient (Wildman–Crippen LogP) is 3.05. The molecule has 0 saturated carbocycles. The highest BCUT2D eigenvalue weighted by Crippen LogP contribution is 2.18. The van der Waals surface area contributed by atoms with Gasteiger partial charge >= 0.3 is 0 Å². The van der Waals surface area contributed by atoms with Gasteiger partial charge < -0.3 is 5.11 Å². The Labute approximate surface area is 119 Å². The van der Waals surface area contributed by atoms with Crippen molar-refractivity contribution in [2.45, 2.75) is 6.92 Å². The second-order valence-corrected chi connectivity index (χ2v) is 4.91. The van der Waals surface area contributed by atoms with E-state index >= 15 is 0 Å². The number of aromatic nitrogens is 2. The van der Waals surface area contributed by atoms with E-state index in [1.165, 1.54) is 16.7 Å². The molecule has 0 unspecified atom stereocenters. The Hall–Kier alpha value is -2.33. The van der Waals surface area contributed by atoms with Gasteiger partial charge in [-0.05, 0) is 49.4 Å². The topological polar surface area (TPSA) is 55.1 Å². The van der Waals surface area contributed by atoms with Crippen LogP contribution in [-0.4, -0.2) is 14.7 Å². The predicted molar refractivity (Wildman–Crippen MR) is 78.8 cm³/mol. The zero-order valence-corrected chi connectivity index (χ0v) is 11.4. The number of hydrogen-bond acceptors (Lipinski definition) is 3.